The van der Waals surface area contributed by atoms with Gasteiger partial charge in [-0.2, -0.15) is 0 Å². The van der Waals surface area contributed by atoms with Crippen LogP contribution in [-0.2, 0) is 10.0 Å². The van der Waals surface area contributed by atoms with Gasteiger partial charge in [0.25, 0.3) is 0 Å². The Kier molecular flexibility index (Phi) is 5.78. The van der Waals surface area contributed by atoms with E-state index in [0.717, 1.165) is 5.56 Å². The van der Waals surface area contributed by atoms with Crippen LogP contribution in [0.15, 0.2) is 30.3 Å². The van der Waals surface area contributed by atoms with E-state index in [4.69, 9.17) is 0 Å². The van der Waals surface area contributed by atoms with Crippen molar-refractivity contribution in [2.24, 2.45) is 5.92 Å². The Morgan fingerprint density at radius 2 is 1.83 bits per heavy atom. The number of hydrogen-bond acceptors (Lipinski definition) is 3. The van der Waals surface area contributed by atoms with Crippen LogP contribution in [0.1, 0.15) is 31.9 Å². The van der Waals surface area contributed by atoms with Gasteiger partial charge in [0.2, 0.25) is 10.0 Å². The summed E-state index contributed by atoms with van der Waals surface area (Å²) in [7, 11) is -3.35. The summed E-state index contributed by atoms with van der Waals surface area (Å²) in [4.78, 5) is 0. The number of aliphatic hydroxyl groups is 1. The van der Waals surface area contributed by atoms with Gasteiger partial charge >= 0.3 is 0 Å². The van der Waals surface area contributed by atoms with Crippen LogP contribution in [0.2, 0.25) is 0 Å². The SMILES string of the molecule is CC(C)CCS(=O)(=O)N[C@H](CO)c1ccccc1. The molecule has 4 nitrogen and oxygen atoms in total. The Morgan fingerprint density at radius 3 is 2.33 bits per heavy atom. The fourth-order valence-electron chi connectivity index (χ4n) is 1.56. The predicted molar refractivity (Wildman–Crippen MR) is 72.6 cm³/mol. The predicted octanol–water partition coefficient (Wildman–Crippen LogP) is 1.69. The molecule has 0 aliphatic carbocycles. The van der Waals surface area contributed by atoms with Gasteiger partial charge in [-0.3, -0.25) is 0 Å². The van der Waals surface area contributed by atoms with Crippen molar-refractivity contribution in [3.8, 4) is 0 Å². The Hall–Kier alpha value is -0.910. The summed E-state index contributed by atoms with van der Waals surface area (Å²) >= 11 is 0. The molecule has 0 aliphatic heterocycles. The van der Waals surface area contributed by atoms with E-state index in [2.05, 4.69) is 4.72 Å². The normalized spacial score (nSPS) is 13.8. The van der Waals surface area contributed by atoms with Crippen molar-refractivity contribution in [1.82, 2.24) is 4.72 Å². The van der Waals surface area contributed by atoms with Crippen molar-refractivity contribution in [3.63, 3.8) is 0 Å². The number of aliphatic hydroxyl groups excluding tert-OH is 1. The van der Waals surface area contributed by atoms with Crippen molar-refractivity contribution >= 4 is 10.0 Å². The molecule has 5 heteroatoms. The molecule has 0 aliphatic rings. The largest absolute Gasteiger partial charge is 0.394 e. The van der Waals surface area contributed by atoms with Crippen LogP contribution >= 0.6 is 0 Å². The molecule has 0 heterocycles. The fourth-order valence-corrected chi connectivity index (χ4v) is 3.11. The molecule has 0 unspecified atom stereocenters. The highest BCUT2D eigenvalue weighted by Gasteiger charge is 2.18. The lowest BCUT2D eigenvalue weighted by molar-refractivity contribution is 0.259. The number of rotatable bonds is 7. The zero-order chi connectivity index (χ0) is 13.6. The zero-order valence-corrected chi connectivity index (χ0v) is 11.7. The topological polar surface area (TPSA) is 66.4 Å². The number of nitrogens with one attached hydrogen (secondary N) is 1. The minimum absolute atomic E-state index is 0.0913. The monoisotopic (exact) mass is 271 g/mol. The molecule has 1 aromatic carbocycles. The van der Waals surface area contributed by atoms with E-state index in [1.54, 1.807) is 12.1 Å². The number of hydrogen-bond donors (Lipinski definition) is 2. The van der Waals surface area contributed by atoms with E-state index in [1.165, 1.54) is 0 Å². The smallest absolute Gasteiger partial charge is 0.212 e. The highest BCUT2D eigenvalue weighted by Crippen LogP contribution is 2.13. The van der Waals surface area contributed by atoms with Crippen LogP contribution in [0.3, 0.4) is 0 Å². The third-order valence-corrected chi connectivity index (χ3v) is 4.09. The Balaban J connectivity index is 2.69. The van der Waals surface area contributed by atoms with E-state index in [9.17, 15) is 13.5 Å². The van der Waals surface area contributed by atoms with Crippen LogP contribution in [0.25, 0.3) is 0 Å². The van der Waals surface area contributed by atoms with Crippen molar-refractivity contribution in [1.29, 1.82) is 0 Å². The van der Waals surface area contributed by atoms with Crippen LogP contribution in [0.4, 0.5) is 0 Å². The Morgan fingerprint density at radius 1 is 1.22 bits per heavy atom. The Labute approximate surface area is 109 Å². The van der Waals surface area contributed by atoms with Gasteiger partial charge < -0.3 is 5.11 Å². The highest BCUT2D eigenvalue weighted by molar-refractivity contribution is 7.89. The van der Waals surface area contributed by atoms with Crippen molar-refractivity contribution in [2.75, 3.05) is 12.4 Å². The lowest BCUT2D eigenvalue weighted by Crippen LogP contribution is -2.33. The second kappa shape index (κ2) is 6.87. The van der Waals surface area contributed by atoms with Gasteiger partial charge in [-0.15, -0.1) is 0 Å². The standard InChI is InChI=1S/C13H21NO3S/c1-11(2)8-9-18(16,17)14-13(10-15)12-6-4-3-5-7-12/h3-7,11,13-15H,8-10H2,1-2H3/t13-/m1/s1. The molecule has 1 aromatic rings. The van der Waals surface area contributed by atoms with Crippen LogP contribution in [-0.4, -0.2) is 25.9 Å². The minimum Gasteiger partial charge on any atom is -0.394 e. The minimum atomic E-state index is -3.35. The van der Waals surface area contributed by atoms with Gasteiger partial charge in [-0.1, -0.05) is 44.2 Å². The molecule has 0 saturated heterocycles. The molecule has 2 N–H and O–H groups in total. The molecule has 0 saturated carbocycles. The van der Waals surface area contributed by atoms with Crippen molar-refractivity contribution < 1.29 is 13.5 Å². The molecular formula is C13H21NO3S. The van der Waals surface area contributed by atoms with Gasteiger partial charge in [-0.05, 0) is 17.9 Å². The zero-order valence-electron chi connectivity index (χ0n) is 10.8. The maximum absolute atomic E-state index is 11.9. The van der Waals surface area contributed by atoms with E-state index in [0.29, 0.717) is 12.3 Å². The molecule has 102 valence electrons. The summed E-state index contributed by atoms with van der Waals surface area (Å²) in [5.41, 5.74) is 0.771. The lowest BCUT2D eigenvalue weighted by atomic mass is 10.1. The van der Waals surface area contributed by atoms with Gasteiger partial charge in [0.05, 0.1) is 18.4 Å². The molecule has 18 heavy (non-hydrogen) atoms. The van der Waals surface area contributed by atoms with Crippen LogP contribution in [0, 0.1) is 5.92 Å². The average Bonchev–Trinajstić information content (AvgIpc) is 2.35. The second-order valence-corrected chi connectivity index (χ2v) is 6.64. The summed E-state index contributed by atoms with van der Waals surface area (Å²) in [6.07, 6.45) is 0.613. The number of sulfonamides is 1. The van der Waals surface area contributed by atoms with Crippen molar-refractivity contribution in [2.45, 2.75) is 26.3 Å². The van der Waals surface area contributed by atoms with E-state index in [-0.39, 0.29) is 12.4 Å². The van der Waals surface area contributed by atoms with Gasteiger partial charge in [-0.25, -0.2) is 13.1 Å². The van der Waals surface area contributed by atoms with Gasteiger partial charge in [0.15, 0.2) is 0 Å². The summed E-state index contributed by atoms with van der Waals surface area (Å²) in [5, 5.41) is 9.29. The van der Waals surface area contributed by atoms with E-state index < -0.39 is 16.1 Å². The summed E-state index contributed by atoms with van der Waals surface area (Å²) in [5.74, 6) is 0.430. The van der Waals surface area contributed by atoms with Crippen LogP contribution < -0.4 is 4.72 Å². The maximum atomic E-state index is 11.9. The van der Waals surface area contributed by atoms with Crippen molar-refractivity contribution in [3.05, 3.63) is 35.9 Å². The molecule has 0 radical (unpaired) electrons. The first-order chi connectivity index (χ1) is 8.44. The fraction of sp³-hybridized carbons (Fsp3) is 0.538. The van der Waals surface area contributed by atoms with E-state index in [1.807, 2.05) is 32.0 Å². The first kappa shape index (κ1) is 15.1. The maximum Gasteiger partial charge on any atom is 0.212 e. The molecule has 1 atom stereocenters. The Bertz CT molecular complexity index is 443. The first-order valence-electron chi connectivity index (χ1n) is 6.10. The third-order valence-electron chi connectivity index (χ3n) is 2.67. The quantitative estimate of drug-likeness (QED) is 0.793. The highest BCUT2D eigenvalue weighted by atomic mass is 32.2. The average molecular weight is 271 g/mol. The molecule has 1 rings (SSSR count). The molecule has 0 bridgehead atoms. The molecule has 0 amide bonds. The third kappa shape index (κ3) is 5.16. The summed E-state index contributed by atoms with van der Waals surface area (Å²) in [6, 6.07) is 8.52. The first-order valence-corrected chi connectivity index (χ1v) is 7.75. The van der Waals surface area contributed by atoms with Crippen LogP contribution in [0.5, 0.6) is 0 Å². The molecule has 0 spiro atoms. The molecular weight excluding hydrogens is 250 g/mol. The summed E-state index contributed by atoms with van der Waals surface area (Å²) < 4.78 is 26.2. The molecule has 0 fully saturated rings. The van der Waals surface area contributed by atoms with E-state index >= 15 is 0 Å². The van der Waals surface area contributed by atoms with Gasteiger partial charge in [0, 0.05) is 0 Å². The second-order valence-electron chi connectivity index (χ2n) is 4.77. The molecule has 0 aromatic heterocycles. The van der Waals surface area contributed by atoms with Gasteiger partial charge in [0.1, 0.15) is 0 Å². The summed E-state index contributed by atoms with van der Waals surface area (Å²) in [6.45, 7) is 3.72. The number of benzene rings is 1. The lowest BCUT2D eigenvalue weighted by Gasteiger charge is -2.17.